The molecule has 1 aromatic carbocycles. The highest BCUT2D eigenvalue weighted by Crippen LogP contribution is 2.28. The molecule has 0 radical (unpaired) electrons. The van der Waals surface area contributed by atoms with Gasteiger partial charge in [-0.1, -0.05) is 26.0 Å². The summed E-state index contributed by atoms with van der Waals surface area (Å²) in [6, 6.07) is 7.78. The van der Waals surface area contributed by atoms with Gasteiger partial charge < -0.3 is 9.84 Å². The van der Waals surface area contributed by atoms with Crippen molar-refractivity contribution in [3.8, 4) is 5.75 Å². The van der Waals surface area contributed by atoms with Gasteiger partial charge >= 0.3 is 0 Å². The quantitative estimate of drug-likeness (QED) is 0.820. The number of aliphatic hydroxyl groups excluding tert-OH is 1. The van der Waals surface area contributed by atoms with E-state index in [1.807, 2.05) is 38.1 Å². The molecule has 0 bridgehead atoms. The zero-order valence-corrected chi connectivity index (χ0v) is 9.31. The number of benzene rings is 1. The van der Waals surface area contributed by atoms with E-state index >= 15 is 0 Å². The number of hydrogen-bond donors (Lipinski definition) is 1. The van der Waals surface area contributed by atoms with Crippen molar-refractivity contribution in [2.24, 2.45) is 5.92 Å². The minimum Gasteiger partial charge on any atom is -0.490 e. The molecular weight excluding hydrogens is 188 g/mol. The number of rotatable bonds is 4. The third-order valence-corrected chi connectivity index (χ3v) is 2.68. The Labute approximate surface area is 90.9 Å². The monoisotopic (exact) mass is 206 g/mol. The van der Waals surface area contributed by atoms with Crippen molar-refractivity contribution >= 4 is 0 Å². The first-order valence-corrected chi connectivity index (χ1v) is 5.61. The Morgan fingerprint density at radius 3 is 2.27 bits per heavy atom. The highest BCUT2D eigenvalue weighted by molar-refractivity contribution is 5.29. The molecule has 2 heteroatoms. The highest BCUT2D eigenvalue weighted by Gasteiger charge is 2.23. The molecular formula is C13H18O2. The van der Waals surface area contributed by atoms with E-state index in [0.29, 0.717) is 6.10 Å². The molecule has 0 spiro atoms. The maximum atomic E-state index is 9.84. The SMILES string of the molecule is CC(C)C(O)c1ccc(OC2CC2)cc1. The fraction of sp³-hybridized carbons (Fsp3) is 0.538. The second-order valence-electron chi connectivity index (χ2n) is 4.58. The fourth-order valence-electron chi connectivity index (χ4n) is 1.51. The van der Waals surface area contributed by atoms with Gasteiger partial charge in [0.1, 0.15) is 5.75 Å². The average Bonchev–Trinajstić information content (AvgIpc) is 3.02. The summed E-state index contributed by atoms with van der Waals surface area (Å²) in [5.41, 5.74) is 0.966. The van der Waals surface area contributed by atoms with Crippen LogP contribution in [0.15, 0.2) is 24.3 Å². The standard InChI is InChI=1S/C13H18O2/c1-9(2)13(14)10-3-5-11(6-4-10)15-12-7-8-12/h3-6,9,12-14H,7-8H2,1-2H3. The van der Waals surface area contributed by atoms with Crippen LogP contribution in [0.4, 0.5) is 0 Å². The second-order valence-corrected chi connectivity index (χ2v) is 4.58. The Bertz CT molecular complexity index is 312. The van der Waals surface area contributed by atoms with Gasteiger partial charge in [-0.3, -0.25) is 0 Å². The number of ether oxygens (including phenoxy) is 1. The summed E-state index contributed by atoms with van der Waals surface area (Å²) >= 11 is 0. The topological polar surface area (TPSA) is 29.5 Å². The maximum absolute atomic E-state index is 9.84. The molecule has 0 saturated heterocycles. The van der Waals surface area contributed by atoms with Crippen molar-refractivity contribution in [2.75, 3.05) is 0 Å². The van der Waals surface area contributed by atoms with E-state index in [-0.39, 0.29) is 12.0 Å². The summed E-state index contributed by atoms with van der Waals surface area (Å²) in [7, 11) is 0. The van der Waals surface area contributed by atoms with Crippen molar-refractivity contribution in [1.29, 1.82) is 0 Å². The molecule has 1 aromatic rings. The minimum absolute atomic E-state index is 0.250. The van der Waals surface area contributed by atoms with E-state index in [0.717, 1.165) is 11.3 Å². The minimum atomic E-state index is -0.375. The molecule has 1 aliphatic carbocycles. The summed E-state index contributed by atoms with van der Waals surface area (Å²) in [5, 5.41) is 9.84. The first-order valence-electron chi connectivity index (χ1n) is 5.61. The van der Waals surface area contributed by atoms with E-state index in [1.165, 1.54) is 12.8 Å². The van der Waals surface area contributed by atoms with Gasteiger partial charge in [-0.2, -0.15) is 0 Å². The third-order valence-electron chi connectivity index (χ3n) is 2.68. The van der Waals surface area contributed by atoms with E-state index in [2.05, 4.69) is 0 Å². The Morgan fingerprint density at radius 2 is 1.80 bits per heavy atom. The van der Waals surface area contributed by atoms with Crippen molar-refractivity contribution in [3.63, 3.8) is 0 Å². The second kappa shape index (κ2) is 4.23. The summed E-state index contributed by atoms with van der Waals surface area (Å²) in [6.45, 7) is 4.03. The highest BCUT2D eigenvalue weighted by atomic mass is 16.5. The fourth-order valence-corrected chi connectivity index (χ4v) is 1.51. The van der Waals surface area contributed by atoms with Crippen LogP contribution in [0.5, 0.6) is 5.75 Å². The largest absolute Gasteiger partial charge is 0.490 e. The summed E-state index contributed by atoms with van der Waals surface area (Å²) in [6.07, 6.45) is 2.41. The Morgan fingerprint density at radius 1 is 1.20 bits per heavy atom. The molecule has 2 nitrogen and oxygen atoms in total. The van der Waals surface area contributed by atoms with Crippen LogP contribution >= 0.6 is 0 Å². The van der Waals surface area contributed by atoms with Crippen LogP contribution < -0.4 is 4.74 Å². The van der Waals surface area contributed by atoms with Crippen molar-refractivity contribution < 1.29 is 9.84 Å². The first-order chi connectivity index (χ1) is 7.16. The van der Waals surface area contributed by atoms with Crippen LogP contribution in [0.3, 0.4) is 0 Å². The molecule has 82 valence electrons. The van der Waals surface area contributed by atoms with Gasteiger partial charge in [-0.05, 0) is 36.5 Å². The van der Waals surface area contributed by atoms with E-state index in [9.17, 15) is 5.11 Å². The predicted octanol–water partition coefficient (Wildman–Crippen LogP) is 2.92. The molecule has 0 aromatic heterocycles. The molecule has 0 aliphatic heterocycles. The van der Waals surface area contributed by atoms with Gasteiger partial charge in [0.2, 0.25) is 0 Å². The van der Waals surface area contributed by atoms with Gasteiger partial charge in [-0.15, -0.1) is 0 Å². The molecule has 2 rings (SSSR count). The predicted molar refractivity (Wildman–Crippen MR) is 59.9 cm³/mol. The molecule has 1 aliphatic rings. The lowest BCUT2D eigenvalue weighted by molar-refractivity contribution is 0.127. The van der Waals surface area contributed by atoms with Crippen molar-refractivity contribution in [1.82, 2.24) is 0 Å². The zero-order chi connectivity index (χ0) is 10.8. The van der Waals surface area contributed by atoms with Gasteiger partial charge in [0, 0.05) is 0 Å². The van der Waals surface area contributed by atoms with Gasteiger partial charge in [-0.25, -0.2) is 0 Å². The Hall–Kier alpha value is -1.02. The lowest BCUT2D eigenvalue weighted by atomic mass is 9.99. The lowest BCUT2D eigenvalue weighted by Gasteiger charge is -2.15. The molecule has 1 fully saturated rings. The first kappa shape index (κ1) is 10.5. The normalized spacial score (nSPS) is 17.9. The van der Waals surface area contributed by atoms with Crippen LogP contribution in [-0.4, -0.2) is 11.2 Å². The van der Waals surface area contributed by atoms with Crippen LogP contribution in [-0.2, 0) is 0 Å². The van der Waals surface area contributed by atoms with Crippen molar-refractivity contribution in [3.05, 3.63) is 29.8 Å². The van der Waals surface area contributed by atoms with Gasteiger partial charge in [0.05, 0.1) is 12.2 Å². The Balaban J connectivity index is 2.02. The molecule has 15 heavy (non-hydrogen) atoms. The lowest BCUT2D eigenvalue weighted by Crippen LogP contribution is -2.05. The van der Waals surface area contributed by atoms with Crippen LogP contribution in [0, 0.1) is 5.92 Å². The summed E-state index contributed by atoms with van der Waals surface area (Å²) < 4.78 is 5.64. The molecule has 1 saturated carbocycles. The smallest absolute Gasteiger partial charge is 0.119 e. The van der Waals surface area contributed by atoms with Crippen LogP contribution in [0.1, 0.15) is 38.4 Å². The van der Waals surface area contributed by atoms with E-state index < -0.39 is 0 Å². The Kier molecular flexibility index (Phi) is 2.96. The zero-order valence-electron chi connectivity index (χ0n) is 9.31. The van der Waals surface area contributed by atoms with Crippen LogP contribution in [0.2, 0.25) is 0 Å². The average molecular weight is 206 g/mol. The molecule has 0 amide bonds. The molecule has 1 unspecified atom stereocenters. The van der Waals surface area contributed by atoms with E-state index in [4.69, 9.17) is 4.74 Å². The van der Waals surface area contributed by atoms with Gasteiger partial charge in [0.15, 0.2) is 0 Å². The van der Waals surface area contributed by atoms with Gasteiger partial charge in [0.25, 0.3) is 0 Å². The van der Waals surface area contributed by atoms with E-state index in [1.54, 1.807) is 0 Å². The van der Waals surface area contributed by atoms with Crippen LogP contribution in [0.25, 0.3) is 0 Å². The molecule has 1 N–H and O–H groups in total. The summed E-state index contributed by atoms with van der Waals surface area (Å²) in [5.74, 6) is 1.16. The maximum Gasteiger partial charge on any atom is 0.119 e. The number of aliphatic hydroxyl groups is 1. The molecule has 1 atom stereocenters. The van der Waals surface area contributed by atoms with Crippen molar-refractivity contribution in [2.45, 2.75) is 38.9 Å². The summed E-state index contributed by atoms with van der Waals surface area (Å²) in [4.78, 5) is 0. The number of hydrogen-bond acceptors (Lipinski definition) is 2. The third kappa shape index (κ3) is 2.72. The molecule has 0 heterocycles.